The van der Waals surface area contributed by atoms with Crippen LogP contribution < -0.4 is 4.74 Å². The molecule has 3 aromatic rings. The third-order valence-electron chi connectivity index (χ3n) is 8.42. The predicted octanol–water partition coefficient (Wildman–Crippen LogP) is 10.9. The average Bonchev–Trinajstić information content (AvgIpc) is 2.95. The van der Waals surface area contributed by atoms with Crippen molar-refractivity contribution >= 4 is 0 Å². The van der Waals surface area contributed by atoms with Gasteiger partial charge >= 0.3 is 0 Å². The highest BCUT2D eigenvalue weighted by atomic mass is 19.2. The second kappa shape index (κ2) is 14.6. The number of unbranched alkanes of at least 4 members (excludes halogenated alkanes) is 3. The Morgan fingerprint density at radius 3 is 1.90 bits per heavy atom. The highest BCUT2D eigenvalue weighted by Crippen LogP contribution is 2.35. The van der Waals surface area contributed by atoms with Crippen LogP contribution >= 0.6 is 0 Å². The van der Waals surface area contributed by atoms with E-state index < -0.39 is 11.6 Å². The third kappa shape index (κ3) is 7.90. The molecule has 0 bridgehead atoms. The number of hydrogen-bond acceptors (Lipinski definition) is 1. The zero-order chi connectivity index (χ0) is 27.6. The van der Waals surface area contributed by atoms with Crippen molar-refractivity contribution in [2.24, 2.45) is 11.8 Å². The van der Waals surface area contributed by atoms with Gasteiger partial charge < -0.3 is 4.74 Å². The summed E-state index contributed by atoms with van der Waals surface area (Å²) in [5, 5.41) is 0. The highest BCUT2D eigenvalue weighted by molar-refractivity contribution is 5.71. The van der Waals surface area contributed by atoms with E-state index >= 15 is 0 Å². The summed E-state index contributed by atoms with van der Waals surface area (Å²) >= 11 is 0. The summed E-state index contributed by atoms with van der Waals surface area (Å²) in [7, 11) is 0. The fourth-order valence-electron chi connectivity index (χ4n) is 6.03. The maximum absolute atomic E-state index is 14.9. The smallest absolute Gasteiger partial charge is 0.201 e. The molecule has 4 rings (SSSR count). The number of hydrogen-bond donors (Lipinski definition) is 0. The van der Waals surface area contributed by atoms with Crippen LogP contribution in [0.15, 0.2) is 54.6 Å². The first-order valence-electron chi connectivity index (χ1n) is 15.0. The number of benzene rings is 3. The minimum atomic E-state index is -0.985. The van der Waals surface area contributed by atoms with Crippen molar-refractivity contribution in [2.45, 2.75) is 90.9 Å². The molecule has 0 amide bonds. The largest absolute Gasteiger partial charge is 0.491 e. The van der Waals surface area contributed by atoms with Gasteiger partial charge in [0.05, 0.1) is 6.61 Å². The minimum absolute atomic E-state index is 0.0915. The van der Waals surface area contributed by atoms with Crippen molar-refractivity contribution < 1.29 is 17.9 Å². The molecule has 0 spiro atoms. The molecule has 0 saturated heterocycles. The molecule has 1 nitrogen and oxygen atoms in total. The topological polar surface area (TPSA) is 9.23 Å². The van der Waals surface area contributed by atoms with Gasteiger partial charge in [0.15, 0.2) is 11.6 Å². The molecule has 0 unspecified atom stereocenters. The molecule has 0 N–H and O–H groups in total. The molecule has 0 aromatic heterocycles. The lowest BCUT2D eigenvalue weighted by Gasteiger charge is -2.28. The number of halogens is 3. The average molecular weight is 537 g/mol. The molecule has 0 radical (unpaired) electrons. The molecule has 4 heteroatoms. The second-order valence-corrected chi connectivity index (χ2v) is 11.2. The van der Waals surface area contributed by atoms with Crippen LogP contribution in [-0.4, -0.2) is 6.61 Å². The van der Waals surface area contributed by atoms with Crippen molar-refractivity contribution in [3.63, 3.8) is 0 Å². The molecule has 0 heterocycles. The first kappa shape index (κ1) is 29.2. The standard InChI is InChI=1S/C35H43F3O/c1-3-5-6-9-25-12-14-26(15-13-25)10-7-8-11-29-20-21-30(24-32(29)36)27-16-18-28(19-17-27)31-22-23-33(39-4-2)35(38)34(31)37/h16-26H,3-15H2,1-2H3. The van der Waals surface area contributed by atoms with Crippen LogP contribution in [0.2, 0.25) is 0 Å². The third-order valence-corrected chi connectivity index (χ3v) is 8.42. The summed E-state index contributed by atoms with van der Waals surface area (Å²) in [6.45, 7) is 4.26. The van der Waals surface area contributed by atoms with E-state index in [0.717, 1.165) is 47.8 Å². The van der Waals surface area contributed by atoms with Crippen LogP contribution in [0.3, 0.4) is 0 Å². The van der Waals surface area contributed by atoms with Crippen molar-refractivity contribution in [3.8, 4) is 28.0 Å². The molecule has 210 valence electrons. The predicted molar refractivity (Wildman–Crippen MR) is 156 cm³/mol. The van der Waals surface area contributed by atoms with Crippen molar-refractivity contribution in [1.82, 2.24) is 0 Å². The van der Waals surface area contributed by atoms with Crippen LogP contribution in [0.1, 0.15) is 90.0 Å². The van der Waals surface area contributed by atoms with Crippen LogP contribution in [0.25, 0.3) is 22.3 Å². The molecule has 0 aliphatic heterocycles. The van der Waals surface area contributed by atoms with Gasteiger partial charge in [-0.1, -0.05) is 108 Å². The minimum Gasteiger partial charge on any atom is -0.491 e. The fourth-order valence-corrected chi connectivity index (χ4v) is 6.03. The summed E-state index contributed by atoms with van der Waals surface area (Å²) in [5.74, 6) is -0.376. The van der Waals surface area contributed by atoms with E-state index in [0.29, 0.717) is 5.56 Å². The van der Waals surface area contributed by atoms with E-state index in [9.17, 15) is 13.2 Å². The number of ether oxygens (including phenoxy) is 1. The molecule has 0 atom stereocenters. The summed E-state index contributed by atoms with van der Waals surface area (Å²) in [5.41, 5.74) is 3.10. The zero-order valence-electron chi connectivity index (χ0n) is 23.6. The van der Waals surface area contributed by atoms with E-state index in [-0.39, 0.29) is 23.7 Å². The lowest BCUT2D eigenvalue weighted by Crippen LogP contribution is -2.14. The quantitative estimate of drug-likeness (QED) is 0.197. The number of rotatable bonds is 13. The molecular formula is C35H43F3O. The summed E-state index contributed by atoms with van der Waals surface area (Å²) in [6, 6.07) is 15.5. The van der Waals surface area contributed by atoms with Crippen molar-refractivity contribution in [3.05, 3.63) is 77.6 Å². The van der Waals surface area contributed by atoms with Crippen LogP contribution in [0.4, 0.5) is 13.2 Å². The Balaban J connectivity index is 1.27. The number of aryl methyl sites for hydroxylation is 1. The van der Waals surface area contributed by atoms with Gasteiger partial charge in [0.1, 0.15) is 5.82 Å². The van der Waals surface area contributed by atoms with Gasteiger partial charge in [-0.25, -0.2) is 8.78 Å². The molecule has 1 aliphatic carbocycles. The van der Waals surface area contributed by atoms with Gasteiger partial charge in [0.25, 0.3) is 0 Å². The summed E-state index contributed by atoms with van der Waals surface area (Å²) in [4.78, 5) is 0. The normalized spacial score (nSPS) is 17.4. The molecule has 1 fully saturated rings. The lowest BCUT2D eigenvalue weighted by atomic mass is 9.78. The van der Waals surface area contributed by atoms with Gasteiger partial charge in [-0.3, -0.25) is 0 Å². The van der Waals surface area contributed by atoms with Crippen LogP contribution in [0.5, 0.6) is 5.75 Å². The molecule has 3 aromatic carbocycles. The first-order valence-corrected chi connectivity index (χ1v) is 15.0. The van der Waals surface area contributed by atoms with Gasteiger partial charge in [-0.2, -0.15) is 4.39 Å². The zero-order valence-corrected chi connectivity index (χ0v) is 23.6. The Morgan fingerprint density at radius 2 is 1.28 bits per heavy atom. The van der Waals surface area contributed by atoms with E-state index in [1.807, 2.05) is 24.3 Å². The Morgan fingerprint density at radius 1 is 0.667 bits per heavy atom. The first-order chi connectivity index (χ1) is 19.0. The van der Waals surface area contributed by atoms with E-state index in [2.05, 4.69) is 6.92 Å². The van der Waals surface area contributed by atoms with E-state index in [1.54, 1.807) is 25.1 Å². The summed E-state index contributed by atoms with van der Waals surface area (Å²) < 4.78 is 48.9. The van der Waals surface area contributed by atoms with E-state index in [1.165, 1.54) is 69.9 Å². The maximum atomic E-state index is 14.9. The monoisotopic (exact) mass is 536 g/mol. The Bertz CT molecular complexity index is 1180. The molecule has 1 saturated carbocycles. The summed E-state index contributed by atoms with van der Waals surface area (Å²) in [6.07, 6.45) is 15.3. The second-order valence-electron chi connectivity index (χ2n) is 11.2. The lowest BCUT2D eigenvalue weighted by molar-refractivity contribution is 0.245. The van der Waals surface area contributed by atoms with Gasteiger partial charge in [0.2, 0.25) is 5.82 Å². The SMILES string of the molecule is CCCCCC1CCC(CCCCc2ccc(-c3ccc(-c4ccc(OCC)c(F)c4F)cc3)cc2F)CC1. The highest BCUT2D eigenvalue weighted by Gasteiger charge is 2.20. The Hall–Kier alpha value is -2.75. The van der Waals surface area contributed by atoms with E-state index in [4.69, 9.17) is 4.74 Å². The Labute approximate surface area is 232 Å². The van der Waals surface area contributed by atoms with Crippen LogP contribution in [0, 0.1) is 29.3 Å². The van der Waals surface area contributed by atoms with Gasteiger partial charge in [-0.15, -0.1) is 0 Å². The molecular weight excluding hydrogens is 493 g/mol. The maximum Gasteiger partial charge on any atom is 0.201 e. The molecule has 39 heavy (non-hydrogen) atoms. The van der Waals surface area contributed by atoms with Crippen LogP contribution in [-0.2, 0) is 6.42 Å². The fraction of sp³-hybridized carbons (Fsp3) is 0.486. The van der Waals surface area contributed by atoms with Crippen molar-refractivity contribution in [1.29, 1.82) is 0 Å². The van der Waals surface area contributed by atoms with Gasteiger partial charge in [-0.05, 0) is 72.1 Å². The Kier molecular flexibility index (Phi) is 10.9. The van der Waals surface area contributed by atoms with Crippen molar-refractivity contribution in [2.75, 3.05) is 6.61 Å². The van der Waals surface area contributed by atoms with Gasteiger partial charge in [0, 0.05) is 5.56 Å². The molecule has 1 aliphatic rings.